The second-order valence-corrected chi connectivity index (χ2v) is 9.91. The van der Waals surface area contributed by atoms with Crippen LogP contribution in [0.5, 0.6) is 0 Å². The number of unbranched alkanes of at least 4 members (excludes halogenated alkanes) is 3. The van der Waals surface area contributed by atoms with Crippen LogP contribution in [0, 0.1) is 0 Å². The maximum atomic E-state index is 12.7. The molecule has 0 radical (unpaired) electrons. The largest absolute Gasteiger partial charge is 0.455 e. The monoisotopic (exact) mass is 511 g/mol. The molecule has 0 saturated heterocycles. The highest BCUT2D eigenvalue weighted by atomic mass is 32.2. The molecule has 0 aliphatic carbocycles. The number of imide groups is 1. The van der Waals surface area contributed by atoms with E-state index in [9.17, 15) is 22.8 Å². The van der Waals surface area contributed by atoms with E-state index >= 15 is 0 Å². The molecular weight excluding hydrogens is 486 g/mol. The Kier molecular flexibility index (Phi) is 7.27. The van der Waals surface area contributed by atoms with Crippen molar-refractivity contribution in [2.45, 2.75) is 44.1 Å². The lowest BCUT2D eigenvalue weighted by Crippen LogP contribution is -2.30. The number of hydrogen-bond donors (Lipinski definition) is 1. The molecule has 12 heteroatoms. The number of amides is 2. The third-order valence-electron chi connectivity index (χ3n) is 5.76. The molecule has 11 nitrogen and oxygen atoms in total. The summed E-state index contributed by atoms with van der Waals surface area (Å²) < 4.78 is 29.5. The van der Waals surface area contributed by atoms with Crippen LogP contribution in [0.2, 0.25) is 0 Å². The lowest BCUT2D eigenvalue weighted by atomic mass is 10.1. The Bertz CT molecular complexity index is 1420. The van der Waals surface area contributed by atoms with E-state index in [-0.39, 0.29) is 34.1 Å². The highest BCUT2D eigenvalue weighted by molar-refractivity contribution is 7.89. The molecule has 0 spiro atoms. The van der Waals surface area contributed by atoms with E-state index in [2.05, 4.69) is 17.2 Å². The van der Waals surface area contributed by atoms with Gasteiger partial charge in [0.15, 0.2) is 0 Å². The van der Waals surface area contributed by atoms with E-state index in [1.165, 1.54) is 58.2 Å². The first-order valence-electron chi connectivity index (χ1n) is 11.4. The molecule has 1 aromatic heterocycles. The Labute approximate surface area is 207 Å². The first-order valence-corrected chi connectivity index (χ1v) is 13.0. The highest BCUT2D eigenvalue weighted by Gasteiger charge is 2.35. The predicted octanol–water partition coefficient (Wildman–Crippen LogP) is 2.45. The number of nitrogens with zero attached hydrogens (tertiary/aromatic N) is 4. The average molecular weight is 512 g/mol. The number of carbonyl (C=O) groups excluding carboxylic acids is 3. The van der Waals surface area contributed by atoms with Crippen molar-refractivity contribution >= 4 is 27.8 Å². The summed E-state index contributed by atoms with van der Waals surface area (Å²) in [6.07, 6.45) is 5.30. The predicted molar refractivity (Wildman–Crippen MR) is 128 cm³/mol. The van der Waals surface area contributed by atoms with Crippen molar-refractivity contribution in [2.24, 2.45) is 5.14 Å². The number of sulfonamides is 1. The van der Waals surface area contributed by atoms with Gasteiger partial charge in [-0.2, -0.15) is 0 Å². The topological polar surface area (TPSA) is 155 Å². The van der Waals surface area contributed by atoms with Gasteiger partial charge in [-0.3, -0.25) is 14.5 Å². The first kappa shape index (κ1) is 25.2. The Hall–Kier alpha value is -3.90. The van der Waals surface area contributed by atoms with Crippen LogP contribution >= 0.6 is 0 Å². The molecular formula is C24H25N5O6S. The fourth-order valence-corrected chi connectivity index (χ4v) is 4.34. The molecule has 0 atom stereocenters. The van der Waals surface area contributed by atoms with Gasteiger partial charge < -0.3 is 4.74 Å². The summed E-state index contributed by atoms with van der Waals surface area (Å²) in [6, 6.07) is 10.0. The van der Waals surface area contributed by atoms with Crippen molar-refractivity contribution in [1.82, 2.24) is 19.9 Å². The van der Waals surface area contributed by atoms with Crippen LogP contribution in [0.15, 0.2) is 53.6 Å². The summed E-state index contributed by atoms with van der Waals surface area (Å²) in [4.78, 5) is 39.1. The number of ether oxygens (including phenoxy) is 1. The number of carbonyl (C=O) groups is 3. The molecule has 0 bridgehead atoms. The SMILES string of the molecule is CCCCCCN1C(=O)c2ccc(C(=O)OCc3cn(-c4ccc(S(N)(=O)=O)cc4)nn3)cc2C1=O. The number of primary sulfonamides is 1. The van der Waals surface area contributed by atoms with Crippen LogP contribution in [0.25, 0.3) is 5.69 Å². The number of nitrogens with two attached hydrogens (primary N) is 1. The number of fused-ring (bicyclic) bond motifs is 1. The van der Waals surface area contributed by atoms with Crippen molar-refractivity contribution in [3.8, 4) is 5.69 Å². The van der Waals surface area contributed by atoms with Gasteiger partial charge in [-0.25, -0.2) is 23.0 Å². The Morgan fingerprint density at radius 3 is 2.42 bits per heavy atom. The van der Waals surface area contributed by atoms with Gasteiger partial charge in [-0.05, 0) is 48.9 Å². The molecule has 1 aliphatic heterocycles. The zero-order valence-corrected chi connectivity index (χ0v) is 20.4. The molecule has 0 saturated carbocycles. The number of hydrogen-bond acceptors (Lipinski definition) is 8. The van der Waals surface area contributed by atoms with Gasteiger partial charge >= 0.3 is 5.97 Å². The molecule has 1 aliphatic rings. The van der Waals surface area contributed by atoms with Gasteiger partial charge in [0.2, 0.25) is 10.0 Å². The summed E-state index contributed by atoms with van der Waals surface area (Å²) in [5.74, 6) is -1.43. The van der Waals surface area contributed by atoms with E-state index in [1.54, 1.807) is 0 Å². The van der Waals surface area contributed by atoms with Gasteiger partial charge in [0.25, 0.3) is 11.8 Å². The van der Waals surface area contributed by atoms with E-state index in [1.807, 2.05) is 0 Å². The minimum Gasteiger partial charge on any atom is -0.455 e. The van der Waals surface area contributed by atoms with Gasteiger partial charge in [0.05, 0.1) is 33.5 Å². The zero-order valence-electron chi connectivity index (χ0n) is 19.6. The average Bonchev–Trinajstić information content (AvgIpc) is 3.43. The molecule has 0 unspecified atom stereocenters. The van der Waals surface area contributed by atoms with Crippen LogP contribution in [-0.2, 0) is 21.4 Å². The van der Waals surface area contributed by atoms with Crippen molar-refractivity contribution in [2.75, 3.05) is 6.54 Å². The highest BCUT2D eigenvalue weighted by Crippen LogP contribution is 2.25. The van der Waals surface area contributed by atoms with E-state index in [0.29, 0.717) is 17.9 Å². The second kappa shape index (κ2) is 10.4. The molecule has 2 amide bonds. The minimum absolute atomic E-state index is 0.0327. The summed E-state index contributed by atoms with van der Waals surface area (Å²) in [6.45, 7) is 2.26. The van der Waals surface area contributed by atoms with Gasteiger partial charge in [0.1, 0.15) is 12.3 Å². The smallest absolute Gasteiger partial charge is 0.338 e. The normalized spacial score (nSPS) is 13.2. The quantitative estimate of drug-likeness (QED) is 0.247. The summed E-state index contributed by atoms with van der Waals surface area (Å²) in [5, 5.41) is 13.0. The number of rotatable bonds is 10. The van der Waals surface area contributed by atoms with Crippen LogP contribution in [0.1, 0.15) is 69.4 Å². The lowest BCUT2D eigenvalue weighted by Gasteiger charge is -2.13. The molecule has 3 aromatic rings. The number of aromatic nitrogens is 3. The molecule has 36 heavy (non-hydrogen) atoms. The third-order valence-corrected chi connectivity index (χ3v) is 6.69. The van der Waals surface area contributed by atoms with Crippen LogP contribution in [0.3, 0.4) is 0 Å². The van der Waals surface area contributed by atoms with Crippen LogP contribution < -0.4 is 5.14 Å². The van der Waals surface area contributed by atoms with Crippen LogP contribution in [0.4, 0.5) is 0 Å². The van der Waals surface area contributed by atoms with Gasteiger partial charge in [-0.1, -0.05) is 31.4 Å². The maximum Gasteiger partial charge on any atom is 0.338 e. The molecule has 2 aromatic carbocycles. The van der Waals surface area contributed by atoms with Crippen LogP contribution in [-0.4, -0.2) is 52.6 Å². The summed E-state index contributed by atoms with van der Waals surface area (Å²) >= 11 is 0. The van der Waals surface area contributed by atoms with E-state index < -0.39 is 21.9 Å². The number of esters is 1. The maximum absolute atomic E-state index is 12.7. The summed E-state index contributed by atoms with van der Waals surface area (Å²) in [7, 11) is -3.81. The second-order valence-electron chi connectivity index (χ2n) is 8.35. The molecule has 2 N–H and O–H groups in total. The Morgan fingerprint density at radius 1 is 1.00 bits per heavy atom. The minimum atomic E-state index is -3.81. The molecule has 188 valence electrons. The van der Waals surface area contributed by atoms with Crippen molar-refractivity contribution in [1.29, 1.82) is 0 Å². The lowest BCUT2D eigenvalue weighted by molar-refractivity contribution is 0.0467. The zero-order chi connectivity index (χ0) is 25.9. The fourth-order valence-electron chi connectivity index (χ4n) is 3.82. The van der Waals surface area contributed by atoms with Gasteiger partial charge in [0, 0.05) is 6.54 Å². The fraction of sp³-hybridized carbons (Fsp3) is 0.292. The number of benzene rings is 2. The molecule has 4 rings (SSSR count). The van der Waals surface area contributed by atoms with E-state index in [0.717, 1.165) is 25.7 Å². The molecule has 2 heterocycles. The van der Waals surface area contributed by atoms with Crippen molar-refractivity contribution in [3.05, 3.63) is 71.0 Å². The third kappa shape index (κ3) is 5.34. The standard InChI is InChI=1S/C24H25N5O6S/c1-2-3-4-5-12-28-22(30)20-11-6-16(13-21(20)23(28)31)24(32)35-15-17-14-29(27-26-17)18-7-9-19(10-8-18)36(25,33)34/h6-11,13-14H,2-5,12,15H2,1H3,(H2,25,33,34). The first-order chi connectivity index (χ1) is 17.2. The van der Waals surface area contributed by atoms with Gasteiger partial charge in [-0.15, -0.1) is 5.10 Å². The van der Waals surface area contributed by atoms with Crippen molar-refractivity contribution < 1.29 is 27.5 Å². The van der Waals surface area contributed by atoms with E-state index in [4.69, 9.17) is 9.88 Å². The molecule has 0 fully saturated rings. The Balaban J connectivity index is 1.38. The Morgan fingerprint density at radius 2 is 1.72 bits per heavy atom. The van der Waals surface area contributed by atoms with Crippen molar-refractivity contribution in [3.63, 3.8) is 0 Å². The summed E-state index contributed by atoms with van der Waals surface area (Å²) in [5.41, 5.74) is 1.51.